The summed E-state index contributed by atoms with van der Waals surface area (Å²) in [7, 11) is 0. The minimum Gasteiger partial charge on any atom is -0.349 e. The van der Waals surface area contributed by atoms with E-state index in [9.17, 15) is 4.79 Å². The molecule has 94 valence electrons. The zero-order valence-electron chi connectivity index (χ0n) is 10.0. The van der Waals surface area contributed by atoms with Gasteiger partial charge in [-0.2, -0.15) is 0 Å². The average molecular weight is 272 g/mol. The van der Waals surface area contributed by atoms with Gasteiger partial charge in [-0.05, 0) is 37.8 Å². The lowest BCUT2D eigenvalue weighted by atomic mass is 9.84. The smallest absolute Gasteiger partial charge is 0.261 e. The van der Waals surface area contributed by atoms with Gasteiger partial charge in [0.1, 0.15) is 0 Å². The molecule has 0 radical (unpaired) electrons. The minimum absolute atomic E-state index is 0.0139. The van der Waals surface area contributed by atoms with Crippen molar-refractivity contribution in [3.63, 3.8) is 0 Å². The highest BCUT2D eigenvalue weighted by molar-refractivity contribution is 7.17. The molecule has 2 nitrogen and oxygen atoms in total. The van der Waals surface area contributed by atoms with Crippen LogP contribution in [-0.4, -0.2) is 11.9 Å². The summed E-state index contributed by atoms with van der Waals surface area (Å²) >= 11 is 7.17. The Bertz CT molecular complexity index is 385. The van der Waals surface area contributed by atoms with Crippen LogP contribution < -0.4 is 5.32 Å². The Balaban J connectivity index is 1.89. The number of nitrogens with one attached hydrogen (secondary N) is 1. The van der Waals surface area contributed by atoms with E-state index >= 15 is 0 Å². The average Bonchev–Trinajstić information content (AvgIpc) is 2.77. The molecule has 1 heterocycles. The summed E-state index contributed by atoms with van der Waals surface area (Å²) in [5.74, 6) is 0.656. The first-order valence-corrected chi connectivity index (χ1v) is 7.42. The van der Waals surface area contributed by atoms with E-state index in [1.807, 2.05) is 0 Å². The lowest BCUT2D eigenvalue weighted by molar-refractivity contribution is 0.0923. The molecule has 17 heavy (non-hydrogen) atoms. The van der Waals surface area contributed by atoms with E-state index < -0.39 is 0 Å². The van der Waals surface area contributed by atoms with Crippen molar-refractivity contribution in [3.8, 4) is 0 Å². The molecule has 1 aromatic heterocycles. The summed E-state index contributed by atoms with van der Waals surface area (Å²) in [6.45, 7) is 2.11. The number of rotatable bonds is 3. The van der Waals surface area contributed by atoms with E-state index in [2.05, 4.69) is 12.2 Å². The van der Waals surface area contributed by atoms with Crippen LogP contribution in [0, 0.1) is 5.92 Å². The van der Waals surface area contributed by atoms with E-state index in [1.54, 1.807) is 12.1 Å². The standard InChI is InChI=1S/C13H18ClNOS/c1-9(10-5-3-2-4-6-10)15-13(16)11-7-8-12(14)17-11/h7-10H,2-6H2,1H3,(H,15,16)/t9-/m1/s1. The third kappa shape index (κ3) is 3.46. The summed E-state index contributed by atoms with van der Waals surface area (Å²) in [5, 5.41) is 3.09. The predicted octanol–water partition coefficient (Wildman–Crippen LogP) is 4.10. The van der Waals surface area contributed by atoms with Gasteiger partial charge in [-0.3, -0.25) is 4.79 Å². The molecule has 4 heteroatoms. The number of halogens is 1. The lowest BCUT2D eigenvalue weighted by Gasteiger charge is -2.28. The molecule has 1 amide bonds. The van der Waals surface area contributed by atoms with Gasteiger partial charge in [-0.1, -0.05) is 30.9 Å². The lowest BCUT2D eigenvalue weighted by Crippen LogP contribution is -2.38. The molecular weight excluding hydrogens is 254 g/mol. The van der Waals surface area contributed by atoms with Crippen LogP contribution in [0.25, 0.3) is 0 Å². The predicted molar refractivity (Wildman–Crippen MR) is 72.8 cm³/mol. The molecule has 0 aromatic carbocycles. The zero-order chi connectivity index (χ0) is 12.3. The molecule has 1 atom stereocenters. The fourth-order valence-corrected chi connectivity index (χ4v) is 3.41. The summed E-state index contributed by atoms with van der Waals surface area (Å²) in [5.41, 5.74) is 0. The van der Waals surface area contributed by atoms with Crippen LogP contribution in [-0.2, 0) is 0 Å². The van der Waals surface area contributed by atoms with Crippen LogP contribution in [0.2, 0.25) is 4.34 Å². The first-order chi connectivity index (χ1) is 8.16. The molecule has 1 fully saturated rings. The first-order valence-electron chi connectivity index (χ1n) is 6.23. The van der Waals surface area contributed by atoms with Crippen molar-refractivity contribution in [2.24, 2.45) is 5.92 Å². The summed E-state index contributed by atoms with van der Waals surface area (Å²) in [6.07, 6.45) is 6.43. The number of amides is 1. The van der Waals surface area contributed by atoms with Gasteiger partial charge in [0, 0.05) is 6.04 Å². The molecule has 0 unspecified atom stereocenters. The fraction of sp³-hybridized carbons (Fsp3) is 0.615. The minimum atomic E-state index is 0.0139. The largest absolute Gasteiger partial charge is 0.349 e. The van der Waals surface area contributed by atoms with Gasteiger partial charge >= 0.3 is 0 Å². The maximum absolute atomic E-state index is 12.0. The molecule has 2 rings (SSSR count). The van der Waals surface area contributed by atoms with Crippen molar-refractivity contribution in [1.29, 1.82) is 0 Å². The quantitative estimate of drug-likeness (QED) is 0.881. The maximum atomic E-state index is 12.0. The highest BCUT2D eigenvalue weighted by atomic mass is 35.5. The number of hydrogen-bond acceptors (Lipinski definition) is 2. The van der Waals surface area contributed by atoms with E-state index in [0.29, 0.717) is 15.1 Å². The van der Waals surface area contributed by atoms with Crippen molar-refractivity contribution in [2.45, 2.75) is 45.1 Å². The molecule has 0 bridgehead atoms. The van der Waals surface area contributed by atoms with Gasteiger partial charge in [0.05, 0.1) is 9.21 Å². The molecule has 0 spiro atoms. The Labute approximate surface area is 111 Å². The van der Waals surface area contributed by atoms with Gasteiger partial charge in [0.25, 0.3) is 5.91 Å². The molecule has 1 aliphatic carbocycles. The van der Waals surface area contributed by atoms with Gasteiger partial charge in [-0.25, -0.2) is 0 Å². The van der Waals surface area contributed by atoms with Gasteiger partial charge in [-0.15, -0.1) is 11.3 Å². The molecule has 0 saturated heterocycles. The fourth-order valence-electron chi connectivity index (χ4n) is 2.47. The highest BCUT2D eigenvalue weighted by Crippen LogP contribution is 2.27. The normalized spacial score (nSPS) is 18.9. The van der Waals surface area contributed by atoms with Crippen molar-refractivity contribution in [3.05, 3.63) is 21.3 Å². The van der Waals surface area contributed by atoms with Crippen molar-refractivity contribution >= 4 is 28.8 Å². The number of thiophene rings is 1. The number of hydrogen-bond donors (Lipinski definition) is 1. The Morgan fingerprint density at radius 3 is 2.71 bits per heavy atom. The van der Waals surface area contributed by atoms with Gasteiger partial charge in [0.15, 0.2) is 0 Å². The summed E-state index contributed by atoms with van der Waals surface area (Å²) < 4.78 is 0.667. The van der Waals surface area contributed by atoms with E-state index in [-0.39, 0.29) is 11.9 Å². The van der Waals surface area contributed by atoms with E-state index in [1.165, 1.54) is 43.4 Å². The monoisotopic (exact) mass is 271 g/mol. The zero-order valence-corrected chi connectivity index (χ0v) is 11.6. The van der Waals surface area contributed by atoms with Crippen LogP contribution in [0.1, 0.15) is 48.7 Å². The second-order valence-electron chi connectivity index (χ2n) is 4.76. The summed E-state index contributed by atoms with van der Waals surface area (Å²) in [4.78, 5) is 12.7. The van der Waals surface area contributed by atoms with Crippen LogP contribution in [0.3, 0.4) is 0 Å². The van der Waals surface area contributed by atoms with Crippen LogP contribution in [0.5, 0.6) is 0 Å². The number of carbonyl (C=O) groups is 1. The van der Waals surface area contributed by atoms with Crippen LogP contribution >= 0.6 is 22.9 Å². The van der Waals surface area contributed by atoms with Crippen molar-refractivity contribution in [2.75, 3.05) is 0 Å². The topological polar surface area (TPSA) is 29.1 Å². The molecule has 1 saturated carbocycles. The molecular formula is C13H18ClNOS. The van der Waals surface area contributed by atoms with Gasteiger partial charge in [0.2, 0.25) is 0 Å². The molecule has 1 aliphatic rings. The van der Waals surface area contributed by atoms with E-state index in [4.69, 9.17) is 11.6 Å². The van der Waals surface area contributed by atoms with Crippen LogP contribution in [0.4, 0.5) is 0 Å². The third-order valence-electron chi connectivity index (χ3n) is 3.51. The van der Waals surface area contributed by atoms with Crippen LogP contribution in [0.15, 0.2) is 12.1 Å². The number of carbonyl (C=O) groups excluding carboxylic acids is 1. The highest BCUT2D eigenvalue weighted by Gasteiger charge is 2.22. The van der Waals surface area contributed by atoms with E-state index in [0.717, 1.165) is 0 Å². The molecule has 0 aliphatic heterocycles. The Morgan fingerprint density at radius 2 is 2.12 bits per heavy atom. The van der Waals surface area contributed by atoms with Crippen molar-refractivity contribution < 1.29 is 4.79 Å². The van der Waals surface area contributed by atoms with Gasteiger partial charge < -0.3 is 5.32 Å². The SMILES string of the molecule is C[C@@H](NC(=O)c1ccc(Cl)s1)C1CCCCC1. The maximum Gasteiger partial charge on any atom is 0.261 e. The molecule has 1 N–H and O–H groups in total. The Morgan fingerprint density at radius 1 is 1.41 bits per heavy atom. The second kappa shape index (κ2) is 5.87. The Hall–Kier alpha value is -0.540. The molecule has 1 aromatic rings. The second-order valence-corrected chi connectivity index (χ2v) is 6.48. The summed E-state index contributed by atoms with van der Waals surface area (Å²) in [6, 6.07) is 3.83. The van der Waals surface area contributed by atoms with Crippen molar-refractivity contribution in [1.82, 2.24) is 5.32 Å². The third-order valence-corrected chi connectivity index (χ3v) is 4.74. The Kier molecular flexibility index (Phi) is 4.46. The first kappa shape index (κ1) is 12.9.